The fraction of sp³-hybridized carbons (Fsp3) is 0.429. The molecule has 1 fully saturated rings. The fourth-order valence-electron chi connectivity index (χ4n) is 5.16. The van der Waals surface area contributed by atoms with Gasteiger partial charge < -0.3 is 0 Å². The van der Waals surface area contributed by atoms with Gasteiger partial charge in [0, 0.05) is 5.92 Å². The van der Waals surface area contributed by atoms with Crippen molar-refractivity contribution in [2.45, 2.75) is 44.4 Å². The molecule has 2 aliphatic rings. The molecular weight excluding hydrogens is 252 g/mol. The number of hydrogen-bond donors (Lipinski definition) is 0. The summed E-state index contributed by atoms with van der Waals surface area (Å²) in [5.74, 6) is 2.25. The monoisotopic (exact) mass is 276 g/mol. The van der Waals surface area contributed by atoms with E-state index in [4.69, 9.17) is 0 Å². The highest BCUT2D eigenvalue weighted by atomic mass is 14.5. The molecule has 108 valence electrons. The second-order valence-corrected chi connectivity index (χ2v) is 7.40. The zero-order chi connectivity index (χ0) is 14.4. The van der Waals surface area contributed by atoms with Gasteiger partial charge in [-0.15, -0.1) is 0 Å². The summed E-state index contributed by atoms with van der Waals surface area (Å²) in [5, 5.41) is 0. The van der Waals surface area contributed by atoms with Crippen LogP contribution in [0.4, 0.5) is 0 Å². The fourth-order valence-corrected chi connectivity index (χ4v) is 5.16. The van der Waals surface area contributed by atoms with Gasteiger partial charge >= 0.3 is 0 Å². The number of fused-ring (bicyclic) bond motifs is 2. The second-order valence-electron chi connectivity index (χ2n) is 7.40. The molecule has 0 aliphatic heterocycles. The summed E-state index contributed by atoms with van der Waals surface area (Å²) in [6.45, 7) is 4.94. The average Bonchev–Trinajstić information content (AvgIpc) is 2.99. The van der Waals surface area contributed by atoms with E-state index >= 15 is 0 Å². The molecule has 4 rings (SSSR count). The minimum Gasteiger partial charge on any atom is -0.0622 e. The smallest absolute Gasteiger partial charge is 0.0123 e. The molecule has 0 heterocycles. The van der Waals surface area contributed by atoms with Crippen LogP contribution in [0.15, 0.2) is 54.6 Å². The quantitative estimate of drug-likeness (QED) is 0.642. The van der Waals surface area contributed by atoms with Crippen molar-refractivity contribution in [1.82, 2.24) is 0 Å². The van der Waals surface area contributed by atoms with Crippen molar-refractivity contribution in [3.63, 3.8) is 0 Å². The molecule has 3 atom stereocenters. The van der Waals surface area contributed by atoms with E-state index in [0.29, 0.717) is 11.3 Å². The molecule has 1 saturated carbocycles. The van der Waals surface area contributed by atoms with E-state index in [1.165, 1.54) is 24.8 Å². The molecule has 0 aromatic heterocycles. The Morgan fingerprint density at radius 2 is 1.57 bits per heavy atom. The number of hydrogen-bond acceptors (Lipinski definition) is 0. The summed E-state index contributed by atoms with van der Waals surface area (Å²) in [7, 11) is 0. The first-order valence-electron chi connectivity index (χ1n) is 8.34. The zero-order valence-corrected chi connectivity index (χ0v) is 13.0. The van der Waals surface area contributed by atoms with Gasteiger partial charge in [-0.3, -0.25) is 0 Å². The molecule has 0 N–H and O–H groups in total. The maximum atomic E-state index is 2.47. The van der Waals surface area contributed by atoms with Crippen LogP contribution in [0.3, 0.4) is 0 Å². The van der Waals surface area contributed by atoms with Crippen LogP contribution in [0.1, 0.15) is 55.7 Å². The number of rotatable bonds is 1. The van der Waals surface area contributed by atoms with Gasteiger partial charge in [-0.1, -0.05) is 74.9 Å². The third-order valence-electron chi connectivity index (χ3n) is 6.07. The van der Waals surface area contributed by atoms with E-state index in [0.717, 1.165) is 11.8 Å². The normalized spacial score (nSPS) is 29.7. The van der Waals surface area contributed by atoms with Crippen LogP contribution in [0.25, 0.3) is 0 Å². The van der Waals surface area contributed by atoms with Crippen molar-refractivity contribution in [1.29, 1.82) is 0 Å². The van der Waals surface area contributed by atoms with Gasteiger partial charge in [0.1, 0.15) is 0 Å². The van der Waals surface area contributed by atoms with Crippen molar-refractivity contribution in [3.05, 3.63) is 71.3 Å². The predicted molar refractivity (Wildman–Crippen MR) is 88.6 cm³/mol. The van der Waals surface area contributed by atoms with E-state index in [2.05, 4.69) is 68.4 Å². The van der Waals surface area contributed by atoms with E-state index in [1.54, 1.807) is 11.1 Å². The van der Waals surface area contributed by atoms with E-state index in [9.17, 15) is 0 Å². The molecule has 0 bridgehead atoms. The Morgan fingerprint density at radius 3 is 2.38 bits per heavy atom. The van der Waals surface area contributed by atoms with Crippen molar-refractivity contribution < 1.29 is 0 Å². The molecule has 0 nitrogen and oxygen atoms in total. The van der Waals surface area contributed by atoms with Crippen LogP contribution >= 0.6 is 0 Å². The van der Waals surface area contributed by atoms with Gasteiger partial charge in [0.2, 0.25) is 0 Å². The van der Waals surface area contributed by atoms with Crippen molar-refractivity contribution >= 4 is 0 Å². The van der Waals surface area contributed by atoms with Crippen LogP contribution in [0, 0.1) is 11.8 Å². The lowest BCUT2D eigenvalue weighted by Gasteiger charge is -2.47. The standard InChI is InChI=1S/C21H24/c1-21(2)18-13-7-6-11-16(18)20(15-9-4-3-5-10-15)17-12-8-14-19(17)21/h3-7,9-11,13,17,19-20H,8,12,14H2,1-2H3/t17-,19-,20-/m1/s1. The Hall–Kier alpha value is -1.56. The van der Waals surface area contributed by atoms with Gasteiger partial charge in [0.05, 0.1) is 0 Å². The lowest BCUT2D eigenvalue weighted by molar-refractivity contribution is 0.205. The summed E-state index contributed by atoms with van der Waals surface area (Å²) in [6, 6.07) is 20.4. The summed E-state index contributed by atoms with van der Waals surface area (Å²) in [4.78, 5) is 0. The van der Waals surface area contributed by atoms with Gasteiger partial charge in [-0.2, -0.15) is 0 Å². The van der Waals surface area contributed by atoms with Gasteiger partial charge in [-0.25, -0.2) is 0 Å². The summed E-state index contributed by atoms with van der Waals surface area (Å²) < 4.78 is 0. The Balaban J connectivity index is 1.93. The maximum absolute atomic E-state index is 2.47. The summed E-state index contributed by atoms with van der Waals surface area (Å²) in [6.07, 6.45) is 4.19. The van der Waals surface area contributed by atoms with Crippen LogP contribution in [0.2, 0.25) is 0 Å². The lowest BCUT2D eigenvalue weighted by Crippen LogP contribution is -2.40. The van der Waals surface area contributed by atoms with E-state index in [-0.39, 0.29) is 0 Å². The van der Waals surface area contributed by atoms with Crippen molar-refractivity contribution in [3.8, 4) is 0 Å². The van der Waals surface area contributed by atoms with Crippen LogP contribution < -0.4 is 0 Å². The Kier molecular flexibility index (Phi) is 2.96. The Labute approximate surface area is 128 Å². The third kappa shape index (κ3) is 1.88. The highest BCUT2D eigenvalue weighted by Crippen LogP contribution is 2.57. The van der Waals surface area contributed by atoms with Gasteiger partial charge in [0.25, 0.3) is 0 Å². The highest BCUT2D eigenvalue weighted by molar-refractivity contribution is 5.46. The SMILES string of the molecule is CC1(C)c2ccccc2[C@@H](c2ccccc2)[C@@H]2CCC[C@H]21. The van der Waals surface area contributed by atoms with Gasteiger partial charge in [-0.05, 0) is 46.8 Å². The number of benzene rings is 2. The first-order chi connectivity index (χ1) is 10.2. The van der Waals surface area contributed by atoms with Crippen molar-refractivity contribution in [2.75, 3.05) is 0 Å². The van der Waals surface area contributed by atoms with Gasteiger partial charge in [0.15, 0.2) is 0 Å². The maximum Gasteiger partial charge on any atom is 0.0123 e. The molecule has 0 heteroatoms. The molecule has 21 heavy (non-hydrogen) atoms. The molecule has 2 aromatic carbocycles. The topological polar surface area (TPSA) is 0 Å². The second kappa shape index (κ2) is 4.73. The molecule has 2 aromatic rings. The Morgan fingerprint density at radius 1 is 0.857 bits per heavy atom. The molecule has 0 saturated heterocycles. The minimum absolute atomic E-state index is 0.322. The van der Waals surface area contributed by atoms with E-state index < -0.39 is 0 Å². The van der Waals surface area contributed by atoms with Crippen LogP contribution in [0.5, 0.6) is 0 Å². The predicted octanol–water partition coefficient (Wildman–Crippen LogP) is 5.53. The Bertz CT molecular complexity index is 638. The largest absolute Gasteiger partial charge is 0.0622 e. The van der Waals surface area contributed by atoms with Crippen LogP contribution in [-0.4, -0.2) is 0 Å². The first-order valence-corrected chi connectivity index (χ1v) is 8.34. The molecule has 0 radical (unpaired) electrons. The minimum atomic E-state index is 0.322. The molecule has 0 unspecified atom stereocenters. The summed E-state index contributed by atoms with van der Waals surface area (Å²) in [5.41, 5.74) is 5.00. The zero-order valence-electron chi connectivity index (χ0n) is 13.0. The summed E-state index contributed by atoms with van der Waals surface area (Å²) >= 11 is 0. The first kappa shape index (κ1) is 13.1. The molecule has 2 aliphatic carbocycles. The molecule has 0 spiro atoms. The lowest BCUT2D eigenvalue weighted by atomic mass is 9.57. The average molecular weight is 276 g/mol. The van der Waals surface area contributed by atoms with Crippen LogP contribution in [-0.2, 0) is 5.41 Å². The third-order valence-corrected chi connectivity index (χ3v) is 6.07. The van der Waals surface area contributed by atoms with Crippen molar-refractivity contribution in [2.24, 2.45) is 11.8 Å². The molecular formula is C21H24. The molecule has 0 amide bonds. The highest BCUT2D eigenvalue weighted by Gasteiger charge is 2.49. The van der Waals surface area contributed by atoms with E-state index in [1.807, 2.05) is 0 Å².